The fourth-order valence-electron chi connectivity index (χ4n) is 3.02. The molecule has 3 rings (SSSR count). The fraction of sp³-hybridized carbons (Fsp3) is 0.222. The van der Waals surface area contributed by atoms with E-state index in [9.17, 15) is 32.9 Å². The van der Waals surface area contributed by atoms with Gasteiger partial charge >= 0.3 is 6.18 Å². The summed E-state index contributed by atoms with van der Waals surface area (Å²) in [6, 6.07) is 6.66. The maximum atomic E-state index is 13.3. The van der Waals surface area contributed by atoms with E-state index in [0.29, 0.717) is 4.90 Å². The van der Waals surface area contributed by atoms with Crippen molar-refractivity contribution in [2.24, 2.45) is 0 Å². The maximum absolute atomic E-state index is 13.3. The highest BCUT2D eigenvalue weighted by molar-refractivity contribution is 6.23. The van der Waals surface area contributed by atoms with E-state index in [-0.39, 0.29) is 17.1 Å². The van der Waals surface area contributed by atoms with Crippen molar-refractivity contribution in [3.05, 3.63) is 58.1 Å². The number of imide groups is 1. The number of rotatable bonds is 5. The van der Waals surface area contributed by atoms with Crippen LogP contribution in [0.3, 0.4) is 0 Å². The van der Waals surface area contributed by atoms with Crippen molar-refractivity contribution in [2.75, 3.05) is 17.3 Å². The molecule has 152 valence electrons. The number of hydrogen-bond acceptors (Lipinski definition) is 6. The Morgan fingerprint density at radius 3 is 2.52 bits per heavy atom. The molecule has 1 aliphatic heterocycles. The zero-order valence-electron chi connectivity index (χ0n) is 14.9. The summed E-state index contributed by atoms with van der Waals surface area (Å²) in [6.07, 6.45) is -5.18. The second-order valence-electron chi connectivity index (χ2n) is 6.13. The van der Waals surface area contributed by atoms with Crippen LogP contribution in [-0.4, -0.2) is 29.9 Å². The number of carbonyl (C=O) groups is 2. The summed E-state index contributed by atoms with van der Waals surface area (Å²) in [5.74, 6) is -1.56. The molecule has 1 saturated heterocycles. The number of hydrogen-bond donors (Lipinski definition) is 1. The molecule has 0 aromatic heterocycles. The van der Waals surface area contributed by atoms with Crippen LogP contribution in [0.5, 0.6) is 5.75 Å². The molecule has 29 heavy (non-hydrogen) atoms. The molecule has 0 unspecified atom stereocenters. The summed E-state index contributed by atoms with van der Waals surface area (Å²) in [7, 11) is 1.31. The van der Waals surface area contributed by atoms with Crippen LogP contribution in [0.25, 0.3) is 0 Å². The second-order valence-corrected chi connectivity index (χ2v) is 6.13. The topological polar surface area (TPSA) is 102 Å². The molecule has 8 nitrogen and oxygen atoms in total. The van der Waals surface area contributed by atoms with E-state index in [1.54, 1.807) is 0 Å². The van der Waals surface area contributed by atoms with Crippen LogP contribution in [0.15, 0.2) is 42.5 Å². The summed E-state index contributed by atoms with van der Waals surface area (Å²) in [4.78, 5) is 35.9. The molecule has 1 heterocycles. The second kappa shape index (κ2) is 7.41. The minimum Gasteiger partial charge on any atom is -0.495 e. The Kier molecular flexibility index (Phi) is 5.14. The Labute approximate surface area is 162 Å². The van der Waals surface area contributed by atoms with E-state index in [4.69, 9.17) is 4.74 Å². The summed E-state index contributed by atoms with van der Waals surface area (Å²) < 4.78 is 44.9. The van der Waals surface area contributed by atoms with Gasteiger partial charge < -0.3 is 10.1 Å². The van der Waals surface area contributed by atoms with Gasteiger partial charge in [0.15, 0.2) is 0 Å². The van der Waals surface area contributed by atoms with Crippen LogP contribution in [0, 0.1) is 10.1 Å². The molecule has 2 aromatic rings. The van der Waals surface area contributed by atoms with Crippen molar-refractivity contribution in [1.29, 1.82) is 0 Å². The van der Waals surface area contributed by atoms with E-state index < -0.39 is 46.6 Å². The molecular formula is C18H14F3N3O5. The van der Waals surface area contributed by atoms with Gasteiger partial charge in [0.2, 0.25) is 5.91 Å². The number of non-ortho nitro benzene ring substituents is 1. The number of anilines is 2. The van der Waals surface area contributed by atoms with Gasteiger partial charge in [-0.2, -0.15) is 13.2 Å². The highest BCUT2D eigenvalue weighted by Crippen LogP contribution is 2.39. The number of nitrogens with zero attached hydrogens (tertiary/aromatic N) is 2. The molecule has 2 aromatic carbocycles. The number of nitro benzene ring substituents is 1. The van der Waals surface area contributed by atoms with E-state index in [2.05, 4.69) is 5.32 Å². The highest BCUT2D eigenvalue weighted by atomic mass is 19.4. The lowest BCUT2D eigenvalue weighted by atomic mass is 10.1. The Morgan fingerprint density at radius 1 is 1.21 bits per heavy atom. The molecule has 0 radical (unpaired) electrons. The van der Waals surface area contributed by atoms with Crippen LogP contribution >= 0.6 is 0 Å². The molecule has 1 fully saturated rings. The lowest BCUT2D eigenvalue weighted by Gasteiger charge is -2.20. The first-order valence-electron chi connectivity index (χ1n) is 8.25. The van der Waals surface area contributed by atoms with Crippen molar-refractivity contribution in [2.45, 2.75) is 18.6 Å². The van der Waals surface area contributed by atoms with Crippen LogP contribution in [0.2, 0.25) is 0 Å². The number of benzene rings is 2. The van der Waals surface area contributed by atoms with Gasteiger partial charge in [-0.3, -0.25) is 19.7 Å². The molecule has 2 amide bonds. The number of methoxy groups -OCH3 is 1. The van der Waals surface area contributed by atoms with Crippen molar-refractivity contribution in [3.63, 3.8) is 0 Å². The van der Waals surface area contributed by atoms with E-state index in [1.807, 2.05) is 0 Å². The van der Waals surface area contributed by atoms with Crippen molar-refractivity contribution >= 4 is 28.9 Å². The first-order chi connectivity index (χ1) is 13.6. The Balaban J connectivity index is 1.94. The highest BCUT2D eigenvalue weighted by Gasteiger charge is 2.44. The summed E-state index contributed by atoms with van der Waals surface area (Å²) in [6.45, 7) is 0. The third-order valence-corrected chi connectivity index (χ3v) is 4.32. The number of halogens is 3. The largest absolute Gasteiger partial charge is 0.495 e. The molecule has 11 heteroatoms. The van der Waals surface area contributed by atoms with Gasteiger partial charge in [-0.15, -0.1) is 0 Å². The minimum absolute atomic E-state index is 0.0683. The smallest absolute Gasteiger partial charge is 0.418 e. The van der Waals surface area contributed by atoms with E-state index in [0.717, 1.165) is 24.3 Å². The summed E-state index contributed by atoms with van der Waals surface area (Å²) in [5.41, 5.74) is -1.90. The van der Waals surface area contributed by atoms with Crippen molar-refractivity contribution < 1.29 is 32.4 Å². The standard InChI is InChI=1S/C18H14F3N3O5/c1-29-15-7-6-10(24(27)28)8-12(15)22-13-9-16(25)23(17(13)26)14-5-3-2-4-11(14)18(19,20)21/h2-8,13,22H,9H2,1H3/t13-/m0/s1. The molecule has 1 N–H and O–H groups in total. The third-order valence-electron chi connectivity index (χ3n) is 4.32. The SMILES string of the molecule is COc1ccc([N+](=O)[O-])cc1N[C@H]1CC(=O)N(c2ccccc2C(F)(F)F)C1=O. The number of ether oxygens (including phenoxy) is 1. The van der Waals surface area contributed by atoms with Gasteiger partial charge in [0.25, 0.3) is 11.6 Å². The Morgan fingerprint density at radius 2 is 1.90 bits per heavy atom. The lowest BCUT2D eigenvalue weighted by molar-refractivity contribution is -0.384. The monoisotopic (exact) mass is 409 g/mol. The molecule has 0 spiro atoms. The molecule has 0 saturated carbocycles. The summed E-state index contributed by atoms with van der Waals surface area (Å²) in [5, 5.41) is 13.6. The average molecular weight is 409 g/mol. The number of alkyl halides is 3. The van der Waals surface area contributed by atoms with Crippen molar-refractivity contribution in [1.82, 2.24) is 0 Å². The molecule has 1 atom stereocenters. The predicted octanol–water partition coefficient (Wildman–Crippen LogP) is 3.37. The van der Waals surface area contributed by atoms with Gasteiger partial charge in [-0.25, -0.2) is 4.90 Å². The Bertz CT molecular complexity index is 993. The van der Waals surface area contributed by atoms with Gasteiger partial charge in [0.1, 0.15) is 11.8 Å². The van der Waals surface area contributed by atoms with Crippen LogP contribution in [0.1, 0.15) is 12.0 Å². The number of carbonyl (C=O) groups excluding carboxylic acids is 2. The summed E-state index contributed by atoms with van der Waals surface area (Å²) >= 11 is 0. The van der Waals surface area contributed by atoms with Gasteiger partial charge in [-0.1, -0.05) is 12.1 Å². The normalized spacial score (nSPS) is 16.8. The number of nitro groups is 1. The molecule has 1 aliphatic rings. The van der Waals surface area contributed by atoms with E-state index in [1.165, 1.54) is 25.3 Å². The molecule has 0 aliphatic carbocycles. The van der Waals surface area contributed by atoms with Crippen LogP contribution in [-0.2, 0) is 15.8 Å². The number of para-hydroxylation sites is 1. The third kappa shape index (κ3) is 3.84. The minimum atomic E-state index is -4.76. The predicted molar refractivity (Wildman–Crippen MR) is 95.6 cm³/mol. The molecule has 0 bridgehead atoms. The fourth-order valence-corrected chi connectivity index (χ4v) is 3.02. The van der Waals surface area contributed by atoms with E-state index >= 15 is 0 Å². The van der Waals surface area contributed by atoms with Gasteiger partial charge in [0, 0.05) is 12.1 Å². The first kappa shape index (κ1) is 20.1. The number of nitrogens with one attached hydrogen (secondary N) is 1. The average Bonchev–Trinajstić information content (AvgIpc) is 2.94. The quantitative estimate of drug-likeness (QED) is 0.462. The number of amides is 2. The van der Waals surface area contributed by atoms with Crippen LogP contribution < -0.4 is 15.0 Å². The van der Waals surface area contributed by atoms with Crippen molar-refractivity contribution in [3.8, 4) is 5.75 Å². The van der Waals surface area contributed by atoms with Gasteiger partial charge in [0.05, 0.1) is 35.4 Å². The van der Waals surface area contributed by atoms with Gasteiger partial charge in [-0.05, 0) is 18.2 Å². The lowest BCUT2D eigenvalue weighted by Crippen LogP contribution is -2.36. The first-order valence-corrected chi connectivity index (χ1v) is 8.25. The zero-order valence-corrected chi connectivity index (χ0v) is 14.9. The Hall–Kier alpha value is -3.63. The molecular weight excluding hydrogens is 395 g/mol. The maximum Gasteiger partial charge on any atom is 0.418 e. The van der Waals surface area contributed by atoms with Crippen LogP contribution in [0.4, 0.5) is 30.2 Å². The zero-order chi connectivity index (χ0) is 21.3.